The molecule has 0 heterocycles. The maximum absolute atomic E-state index is 12.2. The standard InChI is InChI=1S/C34H63O10P/c1-3-5-7-9-10-11-12-13-14-15-16-17-18-19-20-21-22-24-26-34(38)44-32(28-36)30-42-45(39,40)41-29-31(27-35)43-33(37)25-23-8-6-4-2/h11-12,14-15,31-32,35-36H,3-10,13,16-30H2,1-2H3,(H,39,40)/b12-11-,15-14-. The molecule has 0 bridgehead atoms. The summed E-state index contributed by atoms with van der Waals surface area (Å²) in [5.41, 5.74) is 0. The van der Waals surface area contributed by atoms with Crippen LogP contribution < -0.4 is 0 Å². The minimum atomic E-state index is -4.61. The zero-order valence-electron chi connectivity index (χ0n) is 28.1. The predicted molar refractivity (Wildman–Crippen MR) is 178 cm³/mol. The monoisotopic (exact) mass is 662 g/mol. The van der Waals surface area contributed by atoms with Crippen LogP contribution in [0, 0.1) is 0 Å². The minimum absolute atomic E-state index is 0.184. The molecule has 0 spiro atoms. The number of carbonyl (C=O) groups is 2. The summed E-state index contributed by atoms with van der Waals surface area (Å²) in [6, 6.07) is 0. The predicted octanol–water partition coefficient (Wildman–Crippen LogP) is 7.88. The van der Waals surface area contributed by atoms with E-state index in [2.05, 4.69) is 38.2 Å². The lowest BCUT2D eigenvalue weighted by Crippen LogP contribution is -2.28. The van der Waals surface area contributed by atoms with Gasteiger partial charge in [0.1, 0.15) is 12.2 Å². The molecule has 3 atom stereocenters. The van der Waals surface area contributed by atoms with Crippen molar-refractivity contribution in [2.24, 2.45) is 0 Å². The van der Waals surface area contributed by atoms with Crippen molar-refractivity contribution in [2.45, 2.75) is 154 Å². The fourth-order valence-corrected chi connectivity index (χ4v) is 5.22. The molecule has 45 heavy (non-hydrogen) atoms. The molecule has 0 aromatic heterocycles. The second-order valence-electron chi connectivity index (χ2n) is 11.5. The molecule has 3 N–H and O–H groups in total. The van der Waals surface area contributed by atoms with Gasteiger partial charge in [0.15, 0.2) is 0 Å². The number of carbonyl (C=O) groups excluding carboxylic acids is 2. The molecule has 0 rings (SSSR count). The van der Waals surface area contributed by atoms with Crippen LogP contribution in [0.1, 0.15) is 142 Å². The van der Waals surface area contributed by atoms with Crippen molar-refractivity contribution in [2.75, 3.05) is 26.4 Å². The van der Waals surface area contributed by atoms with Gasteiger partial charge in [0, 0.05) is 12.8 Å². The summed E-state index contributed by atoms with van der Waals surface area (Å²) in [5.74, 6) is -1.05. The van der Waals surface area contributed by atoms with E-state index in [-0.39, 0.29) is 12.8 Å². The summed E-state index contributed by atoms with van der Waals surface area (Å²) >= 11 is 0. The Balaban J connectivity index is 3.93. The fourth-order valence-electron chi connectivity index (χ4n) is 4.44. The van der Waals surface area contributed by atoms with E-state index < -0.39 is 58.4 Å². The molecule has 264 valence electrons. The molecule has 0 radical (unpaired) electrons. The number of hydrogen-bond acceptors (Lipinski definition) is 9. The van der Waals surface area contributed by atoms with Gasteiger partial charge in [-0.3, -0.25) is 18.6 Å². The summed E-state index contributed by atoms with van der Waals surface area (Å²) in [5, 5.41) is 18.9. The van der Waals surface area contributed by atoms with E-state index in [1.807, 2.05) is 0 Å². The highest BCUT2D eigenvalue weighted by molar-refractivity contribution is 7.47. The summed E-state index contributed by atoms with van der Waals surface area (Å²) in [7, 11) is -4.61. The van der Waals surface area contributed by atoms with Crippen molar-refractivity contribution in [3.05, 3.63) is 24.3 Å². The molecule has 11 heteroatoms. The van der Waals surface area contributed by atoms with Gasteiger partial charge in [-0.1, -0.05) is 109 Å². The van der Waals surface area contributed by atoms with E-state index in [9.17, 15) is 29.3 Å². The molecule has 0 aliphatic rings. The van der Waals surface area contributed by atoms with Crippen LogP contribution in [-0.4, -0.2) is 65.7 Å². The first-order valence-electron chi connectivity index (χ1n) is 17.3. The average Bonchev–Trinajstić information content (AvgIpc) is 3.02. The topological polar surface area (TPSA) is 149 Å². The second kappa shape index (κ2) is 31.1. The Kier molecular flexibility index (Phi) is 30.0. The van der Waals surface area contributed by atoms with Crippen LogP contribution in [0.25, 0.3) is 0 Å². The second-order valence-corrected chi connectivity index (χ2v) is 13.0. The molecular formula is C34H63O10P. The number of ether oxygens (including phenoxy) is 2. The van der Waals surface area contributed by atoms with Crippen molar-refractivity contribution < 1.29 is 47.8 Å². The molecule has 0 fully saturated rings. The van der Waals surface area contributed by atoms with Crippen LogP contribution in [0.5, 0.6) is 0 Å². The average molecular weight is 663 g/mol. The summed E-state index contributed by atoms with van der Waals surface area (Å²) in [6.45, 7) is 2.00. The smallest absolute Gasteiger partial charge is 0.457 e. The highest BCUT2D eigenvalue weighted by Gasteiger charge is 2.27. The normalized spacial score (nSPS) is 14.5. The van der Waals surface area contributed by atoms with E-state index in [1.165, 1.54) is 51.4 Å². The number of unbranched alkanes of at least 4 members (excludes halogenated alkanes) is 14. The largest absolute Gasteiger partial charge is 0.472 e. The number of aliphatic hydroxyl groups is 2. The number of allylic oxidation sites excluding steroid dienone is 4. The number of phosphoric acid groups is 1. The zero-order chi connectivity index (χ0) is 33.4. The molecule has 0 saturated heterocycles. The van der Waals surface area contributed by atoms with E-state index in [0.29, 0.717) is 12.8 Å². The van der Waals surface area contributed by atoms with Crippen LogP contribution in [0.4, 0.5) is 0 Å². The fraction of sp³-hybridized carbons (Fsp3) is 0.824. The third-order valence-electron chi connectivity index (χ3n) is 7.17. The lowest BCUT2D eigenvalue weighted by atomic mass is 10.1. The molecule has 0 aliphatic carbocycles. The molecule has 10 nitrogen and oxygen atoms in total. The van der Waals surface area contributed by atoms with Crippen LogP contribution in [0.15, 0.2) is 24.3 Å². The Morgan fingerprint density at radius 3 is 1.40 bits per heavy atom. The molecule has 0 aromatic rings. The van der Waals surface area contributed by atoms with Crippen molar-refractivity contribution in [1.29, 1.82) is 0 Å². The maximum atomic E-state index is 12.2. The van der Waals surface area contributed by atoms with Crippen LogP contribution in [-0.2, 0) is 32.7 Å². The minimum Gasteiger partial charge on any atom is -0.457 e. The Labute approximate surface area is 272 Å². The third kappa shape index (κ3) is 29.6. The van der Waals surface area contributed by atoms with Gasteiger partial charge in [-0.15, -0.1) is 0 Å². The first-order chi connectivity index (χ1) is 21.8. The number of rotatable bonds is 32. The Hall–Kier alpha value is -1.55. The lowest BCUT2D eigenvalue weighted by molar-refractivity contribution is -0.153. The maximum Gasteiger partial charge on any atom is 0.472 e. The molecule has 0 aromatic carbocycles. The summed E-state index contributed by atoms with van der Waals surface area (Å²) in [6.07, 6.45) is 26.6. The highest BCUT2D eigenvalue weighted by Crippen LogP contribution is 2.43. The van der Waals surface area contributed by atoms with Crippen molar-refractivity contribution >= 4 is 19.8 Å². The van der Waals surface area contributed by atoms with Gasteiger partial charge in [0.25, 0.3) is 0 Å². The third-order valence-corrected chi connectivity index (χ3v) is 8.12. The van der Waals surface area contributed by atoms with Gasteiger partial charge >= 0.3 is 19.8 Å². The van der Waals surface area contributed by atoms with E-state index >= 15 is 0 Å². The highest BCUT2D eigenvalue weighted by atomic mass is 31.2. The van der Waals surface area contributed by atoms with Gasteiger partial charge in [-0.25, -0.2) is 4.57 Å². The zero-order valence-corrected chi connectivity index (χ0v) is 29.0. The van der Waals surface area contributed by atoms with Crippen molar-refractivity contribution in [3.8, 4) is 0 Å². The molecule has 0 saturated carbocycles. The number of aliphatic hydroxyl groups excluding tert-OH is 2. The van der Waals surface area contributed by atoms with Crippen molar-refractivity contribution in [3.63, 3.8) is 0 Å². The van der Waals surface area contributed by atoms with Gasteiger partial charge in [0.05, 0.1) is 26.4 Å². The van der Waals surface area contributed by atoms with Gasteiger partial charge < -0.3 is 24.6 Å². The summed E-state index contributed by atoms with van der Waals surface area (Å²) in [4.78, 5) is 33.9. The Morgan fingerprint density at radius 1 is 0.600 bits per heavy atom. The van der Waals surface area contributed by atoms with E-state index in [1.54, 1.807) is 0 Å². The molecular weight excluding hydrogens is 599 g/mol. The van der Waals surface area contributed by atoms with Crippen LogP contribution >= 0.6 is 7.82 Å². The first kappa shape index (κ1) is 43.5. The first-order valence-corrected chi connectivity index (χ1v) is 18.8. The number of phosphoric ester groups is 1. The van der Waals surface area contributed by atoms with E-state index in [0.717, 1.165) is 51.4 Å². The lowest BCUT2D eigenvalue weighted by Gasteiger charge is -2.20. The van der Waals surface area contributed by atoms with Crippen molar-refractivity contribution in [1.82, 2.24) is 0 Å². The SMILES string of the molecule is CCCCCC/C=C\C/C=C\CCCCCCCCCC(=O)OC(CO)COP(=O)(O)OCC(CO)OC(=O)CCCCCC. The Morgan fingerprint density at radius 2 is 0.978 bits per heavy atom. The van der Waals surface area contributed by atoms with Gasteiger partial charge in [0.2, 0.25) is 0 Å². The Bertz CT molecular complexity index is 817. The van der Waals surface area contributed by atoms with E-state index in [4.69, 9.17) is 18.5 Å². The summed E-state index contributed by atoms with van der Waals surface area (Å²) < 4.78 is 32.1. The number of esters is 2. The molecule has 3 unspecified atom stereocenters. The molecule has 0 amide bonds. The van der Waals surface area contributed by atoms with Gasteiger partial charge in [-0.05, 0) is 44.9 Å². The quantitative estimate of drug-likeness (QED) is 0.0281. The van der Waals surface area contributed by atoms with Crippen LogP contribution in [0.2, 0.25) is 0 Å². The number of hydrogen-bond donors (Lipinski definition) is 3. The molecule has 0 aliphatic heterocycles. The van der Waals surface area contributed by atoms with Gasteiger partial charge in [-0.2, -0.15) is 0 Å². The van der Waals surface area contributed by atoms with Crippen LogP contribution in [0.3, 0.4) is 0 Å².